The molecule has 2 aromatic carbocycles. The molecule has 0 saturated heterocycles. The van der Waals surface area contributed by atoms with Gasteiger partial charge in [0.15, 0.2) is 0 Å². The average Bonchev–Trinajstić information content (AvgIpc) is 2.67. The average molecular weight is 338 g/mol. The molecule has 0 spiro atoms. The first-order valence-corrected chi connectivity index (χ1v) is 9.34. The molecule has 0 aromatic heterocycles. The van der Waals surface area contributed by atoms with Crippen molar-refractivity contribution in [2.75, 3.05) is 0 Å². The van der Waals surface area contributed by atoms with E-state index in [0.717, 1.165) is 12.8 Å². The van der Waals surface area contributed by atoms with E-state index in [0.29, 0.717) is 0 Å². The first kappa shape index (κ1) is 19.4. The normalized spacial score (nSPS) is 10.4. The molecule has 0 N–H and O–H groups in total. The van der Waals surface area contributed by atoms with Crippen molar-refractivity contribution < 1.29 is 0 Å². The number of rotatable bonds is 6. The van der Waals surface area contributed by atoms with Gasteiger partial charge in [-0.25, -0.2) is 0 Å². The lowest BCUT2D eigenvalue weighted by atomic mass is 10.1. The highest BCUT2D eigenvalue weighted by Gasteiger charge is 1.91. The van der Waals surface area contributed by atoms with Crippen molar-refractivity contribution in [3.63, 3.8) is 0 Å². The number of allylic oxidation sites excluding steroid dienone is 2. The van der Waals surface area contributed by atoms with E-state index in [-0.39, 0.29) is 0 Å². The van der Waals surface area contributed by atoms with Gasteiger partial charge in [-0.3, -0.25) is 0 Å². The van der Waals surface area contributed by atoms with Gasteiger partial charge in [0.2, 0.25) is 0 Å². The molecule has 0 aliphatic carbocycles. The fourth-order valence-electron chi connectivity index (χ4n) is 2.60. The summed E-state index contributed by atoms with van der Waals surface area (Å²) in [6, 6.07) is 17.2. The summed E-state index contributed by atoms with van der Waals surface area (Å²) in [7, 11) is 0. The molecule has 26 heavy (non-hydrogen) atoms. The monoisotopic (exact) mass is 338 g/mol. The first-order chi connectivity index (χ1) is 12.8. The Bertz CT molecular complexity index is 763. The van der Waals surface area contributed by atoms with Crippen molar-refractivity contribution >= 4 is 12.2 Å². The van der Waals surface area contributed by atoms with E-state index in [9.17, 15) is 0 Å². The Kier molecular flexibility index (Phi) is 8.62. The Labute approximate surface area is 158 Å². The lowest BCUT2D eigenvalue weighted by Crippen LogP contribution is -1.82. The van der Waals surface area contributed by atoms with Gasteiger partial charge in [-0.2, -0.15) is 0 Å². The molecule has 2 rings (SSSR count). The fraction of sp³-hybridized carbons (Fsp3) is 0.231. The van der Waals surface area contributed by atoms with E-state index in [1.54, 1.807) is 0 Å². The van der Waals surface area contributed by atoms with Crippen LogP contribution < -0.4 is 0 Å². The molecule has 0 amide bonds. The third-order valence-electron chi connectivity index (χ3n) is 3.96. The highest BCUT2D eigenvalue weighted by atomic mass is 14.0. The van der Waals surface area contributed by atoms with Crippen molar-refractivity contribution in [1.82, 2.24) is 0 Å². The number of hydrogen-bond acceptors (Lipinski definition) is 0. The zero-order chi connectivity index (χ0) is 18.5. The van der Waals surface area contributed by atoms with Crippen LogP contribution in [0.2, 0.25) is 0 Å². The van der Waals surface area contributed by atoms with Crippen LogP contribution in [0, 0.1) is 23.7 Å². The molecule has 0 unspecified atom stereocenters. The highest BCUT2D eigenvalue weighted by molar-refractivity contribution is 5.55. The van der Waals surface area contributed by atoms with Crippen molar-refractivity contribution in [3.05, 3.63) is 82.9 Å². The van der Waals surface area contributed by atoms with Gasteiger partial charge in [-0.05, 0) is 71.2 Å². The van der Waals surface area contributed by atoms with Crippen LogP contribution in [-0.4, -0.2) is 0 Å². The van der Waals surface area contributed by atoms with E-state index >= 15 is 0 Å². The predicted octanol–water partition coefficient (Wildman–Crippen LogP) is 6.33. The van der Waals surface area contributed by atoms with E-state index < -0.39 is 0 Å². The van der Waals surface area contributed by atoms with Gasteiger partial charge in [-0.15, -0.1) is 0 Å². The molecule has 0 saturated carbocycles. The molecule has 0 aliphatic rings. The molecule has 130 valence electrons. The second-order valence-corrected chi connectivity index (χ2v) is 6.19. The predicted molar refractivity (Wildman–Crippen MR) is 114 cm³/mol. The number of hydrogen-bond donors (Lipinski definition) is 0. The van der Waals surface area contributed by atoms with Gasteiger partial charge in [0.25, 0.3) is 0 Å². The lowest BCUT2D eigenvalue weighted by Gasteiger charge is -1.98. The maximum atomic E-state index is 2.96. The van der Waals surface area contributed by atoms with Crippen LogP contribution in [0.3, 0.4) is 0 Å². The first-order valence-electron chi connectivity index (χ1n) is 9.34. The summed E-state index contributed by atoms with van der Waals surface area (Å²) in [6.45, 7) is 4.39. The van der Waals surface area contributed by atoms with Gasteiger partial charge < -0.3 is 0 Å². The number of aryl methyl sites for hydroxylation is 2. The van der Waals surface area contributed by atoms with E-state index in [1.165, 1.54) is 35.1 Å². The van der Waals surface area contributed by atoms with Gasteiger partial charge >= 0.3 is 0 Å². The number of benzene rings is 2. The molecule has 0 heterocycles. The van der Waals surface area contributed by atoms with Crippen LogP contribution >= 0.6 is 0 Å². The van der Waals surface area contributed by atoms with Crippen LogP contribution in [0.25, 0.3) is 12.2 Å². The molecule has 2 aromatic rings. The third kappa shape index (κ3) is 7.29. The summed E-state index contributed by atoms with van der Waals surface area (Å²) in [4.78, 5) is 0. The Hall–Kier alpha value is -2.96. The maximum absolute atomic E-state index is 2.96. The summed E-state index contributed by atoms with van der Waals surface area (Å²) in [5.74, 6) is 11.6. The summed E-state index contributed by atoms with van der Waals surface area (Å²) in [5.41, 5.74) is 5.10. The van der Waals surface area contributed by atoms with E-state index in [2.05, 4.69) is 86.1 Å². The molecule has 0 heteroatoms. The van der Waals surface area contributed by atoms with Gasteiger partial charge in [-0.1, -0.05) is 87.1 Å². The van der Waals surface area contributed by atoms with Crippen molar-refractivity contribution in [2.45, 2.75) is 39.5 Å². The minimum absolute atomic E-state index is 1.13. The summed E-state index contributed by atoms with van der Waals surface area (Å²) in [6.07, 6.45) is 12.3. The minimum atomic E-state index is 1.13. The summed E-state index contributed by atoms with van der Waals surface area (Å²) in [5, 5.41) is 0. The zero-order valence-corrected chi connectivity index (χ0v) is 15.8. The molecular formula is C26H26. The molecule has 0 nitrogen and oxygen atoms in total. The van der Waals surface area contributed by atoms with Gasteiger partial charge in [0.1, 0.15) is 0 Å². The topological polar surface area (TPSA) is 0 Å². The molecule has 0 radical (unpaired) electrons. The molecule has 0 bridgehead atoms. The summed E-state index contributed by atoms with van der Waals surface area (Å²) < 4.78 is 0. The van der Waals surface area contributed by atoms with E-state index in [4.69, 9.17) is 0 Å². The standard InChI is InChI=1S/C26H26/c1-3-11-23-15-19-25(20-16-23)13-9-7-5-6-8-10-14-26-21-17-24(12-4-2)18-22-26/h9-10,13-22H,3-4,11-12H2,1-2H3/b13-9+,14-10+. The fourth-order valence-corrected chi connectivity index (χ4v) is 2.60. The molecule has 0 atom stereocenters. The SMILES string of the molecule is CCCc1ccc(/C=C/C#CC#C/C=C/c2ccc(CCC)cc2)cc1. The largest absolute Gasteiger partial charge is 0.0651 e. The zero-order valence-electron chi connectivity index (χ0n) is 15.8. The molecule has 0 fully saturated rings. The van der Waals surface area contributed by atoms with Gasteiger partial charge in [0.05, 0.1) is 0 Å². The lowest BCUT2D eigenvalue weighted by molar-refractivity contribution is 0.922. The smallest absolute Gasteiger partial charge is 0.0102 e. The van der Waals surface area contributed by atoms with Crippen LogP contribution in [0.15, 0.2) is 60.7 Å². The van der Waals surface area contributed by atoms with Crippen LogP contribution in [0.5, 0.6) is 0 Å². The summed E-state index contributed by atoms with van der Waals surface area (Å²) >= 11 is 0. The minimum Gasteiger partial charge on any atom is -0.0651 e. The van der Waals surface area contributed by atoms with Crippen LogP contribution in [0.1, 0.15) is 48.9 Å². The molecule has 0 aliphatic heterocycles. The van der Waals surface area contributed by atoms with E-state index in [1.807, 2.05) is 24.3 Å². The van der Waals surface area contributed by atoms with Crippen molar-refractivity contribution in [2.24, 2.45) is 0 Å². The Morgan fingerprint density at radius 2 is 1.00 bits per heavy atom. The maximum Gasteiger partial charge on any atom is -0.0102 e. The highest BCUT2D eigenvalue weighted by Crippen LogP contribution is 2.08. The van der Waals surface area contributed by atoms with Crippen LogP contribution in [0.4, 0.5) is 0 Å². The second-order valence-electron chi connectivity index (χ2n) is 6.19. The van der Waals surface area contributed by atoms with Crippen LogP contribution in [-0.2, 0) is 12.8 Å². The molecular weight excluding hydrogens is 312 g/mol. The van der Waals surface area contributed by atoms with Crippen molar-refractivity contribution in [1.29, 1.82) is 0 Å². The quantitative estimate of drug-likeness (QED) is 0.540. The Balaban J connectivity index is 1.82. The Morgan fingerprint density at radius 3 is 1.35 bits per heavy atom. The second kappa shape index (κ2) is 11.6. The van der Waals surface area contributed by atoms with Crippen molar-refractivity contribution in [3.8, 4) is 23.7 Å². The third-order valence-corrected chi connectivity index (χ3v) is 3.96. The van der Waals surface area contributed by atoms with Gasteiger partial charge in [0, 0.05) is 0 Å². The Morgan fingerprint density at radius 1 is 0.615 bits per heavy atom.